The Morgan fingerprint density at radius 2 is 1.79 bits per heavy atom. The third kappa shape index (κ3) is 8.99. The summed E-state index contributed by atoms with van der Waals surface area (Å²) in [7, 11) is -2.63. The van der Waals surface area contributed by atoms with Crippen LogP contribution in [0, 0.1) is 11.8 Å². The number of benzene rings is 2. The van der Waals surface area contributed by atoms with Gasteiger partial charge in [-0.25, -0.2) is 18.0 Å². The van der Waals surface area contributed by atoms with Crippen molar-refractivity contribution < 1.29 is 56.3 Å². The Labute approximate surface area is 279 Å². The lowest BCUT2D eigenvalue weighted by Gasteiger charge is -2.31. The molecule has 3 aliphatic heterocycles. The van der Waals surface area contributed by atoms with E-state index in [4.69, 9.17) is 33.2 Å². The highest BCUT2D eigenvalue weighted by Crippen LogP contribution is 2.35. The first-order valence-corrected chi connectivity index (χ1v) is 17.3. The second kappa shape index (κ2) is 16.0. The van der Waals surface area contributed by atoms with Crippen LogP contribution in [0.3, 0.4) is 0 Å². The standard InChI is InChI=1S/C32H43N3O12S/c1-20(2)16-35(48(39,40)23-8-9-27-28(15-23)46-19-45-27)17-26(36)25(34-32(38)47-29-18-44-30-24(29)10-11-42-30)14-21-4-6-22(7-5-21)41-12-13-43-31(37)33-3/h4-9,15,20,24-26,29-30,36H,10-14,16-19H2,1-3H3,(H,33,37)(H,34,38)/t24-,25-,26+,29-,30+/m0/s1. The fourth-order valence-corrected chi connectivity index (χ4v) is 7.33. The maximum Gasteiger partial charge on any atom is 0.407 e. The molecule has 0 aliphatic carbocycles. The van der Waals surface area contributed by atoms with Crippen molar-refractivity contribution in [3.63, 3.8) is 0 Å². The molecule has 15 nitrogen and oxygen atoms in total. The highest BCUT2D eigenvalue weighted by atomic mass is 32.2. The number of hydrogen-bond acceptors (Lipinski definition) is 12. The van der Waals surface area contributed by atoms with Crippen molar-refractivity contribution in [2.45, 2.75) is 56.1 Å². The topological polar surface area (TPSA) is 180 Å². The van der Waals surface area contributed by atoms with E-state index >= 15 is 0 Å². The van der Waals surface area contributed by atoms with Crippen molar-refractivity contribution in [2.75, 3.05) is 53.4 Å². The van der Waals surface area contributed by atoms with E-state index in [-0.39, 0.29) is 62.9 Å². The Morgan fingerprint density at radius 1 is 1.02 bits per heavy atom. The average molecular weight is 694 g/mol. The molecular formula is C32H43N3O12S. The number of rotatable bonds is 15. The van der Waals surface area contributed by atoms with Gasteiger partial charge in [0.25, 0.3) is 0 Å². The number of nitrogens with one attached hydrogen (secondary N) is 2. The van der Waals surface area contributed by atoms with Crippen LogP contribution in [0.25, 0.3) is 0 Å². The Hall–Kier alpha value is -3.83. The summed E-state index contributed by atoms with van der Waals surface area (Å²) in [5.74, 6) is 1.14. The highest BCUT2D eigenvalue weighted by molar-refractivity contribution is 7.89. The van der Waals surface area contributed by atoms with Gasteiger partial charge in [-0.1, -0.05) is 26.0 Å². The number of aliphatic hydroxyl groups is 1. The molecular weight excluding hydrogens is 650 g/mol. The number of aliphatic hydroxyl groups excluding tert-OH is 1. The van der Waals surface area contributed by atoms with Crippen molar-refractivity contribution >= 4 is 22.2 Å². The molecule has 3 N–H and O–H groups in total. The van der Waals surface area contributed by atoms with Gasteiger partial charge in [-0.15, -0.1) is 0 Å². The van der Waals surface area contributed by atoms with E-state index in [1.165, 1.54) is 29.6 Å². The molecule has 0 aromatic heterocycles. The monoisotopic (exact) mass is 693 g/mol. The van der Waals surface area contributed by atoms with Crippen molar-refractivity contribution in [3.05, 3.63) is 48.0 Å². The molecule has 0 radical (unpaired) electrons. The highest BCUT2D eigenvalue weighted by Gasteiger charge is 2.44. The molecule has 2 fully saturated rings. The van der Waals surface area contributed by atoms with Gasteiger partial charge in [0.1, 0.15) is 25.1 Å². The zero-order valence-corrected chi connectivity index (χ0v) is 28.0. The quantitative estimate of drug-likeness (QED) is 0.232. The van der Waals surface area contributed by atoms with Crippen LogP contribution in [-0.2, 0) is 35.4 Å². The maximum absolute atomic E-state index is 13.9. The number of sulfonamides is 1. The molecule has 16 heteroatoms. The van der Waals surface area contributed by atoms with E-state index in [2.05, 4.69) is 10.6 Å². The number of carbonyl (C=O) groups excluding carboxylic acids is 2. The van der Waals surface area contributed by atoms with Crippen molar-refractivity contribution in [1.82, 2.24) is 14.9 Å². The van der Waals surface area contributed by atoms with Gasteiger partial charge < -0.3 is 48.9 Å². The van der Waals surface area contributed by atoms with E-state index in [1.807, 2.05) is 13.8 Å². The van der Waals surface area contributed by atoms with Crippen LogP contribution >= 0.6 is 0 Å². The number of hydrogen-bond donors (Lipinski definition) is 3. The van der Waals surface area contributed by atoms with Crippen LogP contribution in [0.1, 0.15) is 25.8 Å². The minimum atomic E-state index is -4.09. The Kier molecular flexibility index (Phi) is 11.9. The molecule has 48 heavy (non-hydrogen) atoms. The Bertz CT molecular complexity index is 1510. The summed E-state index contributed by atoms with van der Waals surface area (Å²) in [5, 5.41) is 16.7. The molecule has 2 amide bonds. The van der Waals surface area contributed by atoms with Gasteiger partial charge in [0.15, 0.2) is 17.8 Å². The third-order valence-electron chi connectivity index (χ3n) is 8.12. The molecule has 5 rings (SSSR count). The van der Waals surface area contributed by atoms with Crippen LogP contribution in [-0.4, -0.2) is 108 Å². The number of amides is 2. The van der Waals surface area contributed by atoms with E-state index < -0.39 is 46.7 Å². The summed E-state index contributed by atoms with van der Waals surface area (Å²) in [6, 6.07) is 10.4. The van der Waals surface area contributed by atoms with E-state index in [0.717, 1.165) is 5.56 Å². The van der Waals surface area contributed by atoms with E-state index in [9.17, 15) is 23.1 Å². The number of fused-ring (bicyclic) bond motifs is 2. The molecule has 3 aliphatic rings. The first kappa shape index (κ1) is 35.5. The molecule has 5 atom stereocenters. The lowest BCUT2D eigenvalue weighted by Crippen LogP contribution is -2.51. The van der Waals surface area contributed by atoms with Gasteiger partial charge in [0, 0.05) is 26.2 Å². The molecule has 2 saturated heterocycles. The van der Waals surface area contributed by atoms with Gasteiger partial charge in [-0.3, -0.25) is 0 Å². The van der Waals surface area contributed by atoms with Crippen LogP contribution in [0.5, 0.6) is 17.2 Å². The predicted molar refractivity (Wildman–Crippen MR) is 169 cm³/mol. The minimum Gasteiger partial charge on any atom is -0.490 e. The summed E-state index contributed by atoms with van der Waals surface area (Å²) in [6.07, 6.45) is -2.73. The molecule has 0 bridgehead atoms. The van der Waals surface area contributed by atoms with Gasteiger partial charge in [0.2, 0.25) is 16.8 Å². The lowest BCUT2D eigenvalue weighted by atomic mass is 10.0. The normalized spacial score (nSPS) is 21.1. The summed E-state index contributed by atoms with van der Waals surface area (Å²) < 4.78 is 67.1. The van der Waals surface area contributed by atoms with Crippen molar-refractivity contribution in [3.8, 4) is 17.2 Å². The molecule has 0 unspecified atom stereocenters. The zero-order valence-electron chi connectivity index (χ0n) is 27.2. The van der Waals surface area contributed by atoms with Gasteiger partial charge in [-0.05, 0) is 48.6 Å². The largest absolute Gasteiger partial charge is 0.490 e. The second-order valence-electron chi connectivity index (χ2n) is 12.1. The fourth-order valence-electron chi connectivity index (χ4n) is 5.70. The molecule has 2 aromatic carbocycles. The fraction of sp³-hybridized carbons (Fsp3) is 0.562. The second-order valence-corrected chi connectivity index (χ2v) is 14.0. The number of carbonyl (C=O) groups is 2. The van der Waals surface area contributed by atoms with Gasteiger partial charge in [-0.2, -0.15) is 4.31 Å². The first-order chi connectivity index (χ1) is 23.0. The third-order valence-corrected chi connectivity index (χ3v) is 9.95. The molecule has 264 valence electrons. The smallest absolute Gasteiger partial charge is 0.407 e. The number of ether oxygens (including phenoxy) is 7. The molecule has 2 aromatic rings. The summed E-state index contributed by atoms with van der Waals surface area (Å²) in [4.78, 5) is 24.4. The Balaban J connectivity index is 1.30. The van der Waals surface area contributed by atoms with E-state index in [0.29, 0.717) is 30.3 Å². The van der Waals surface area contributed by atoms with E-state index in [1.54, 1.807) is 24.3 Å². The van der Waals surface area contributed by atoms with Crippen LogP contribution in [0.4, 0.5) is 9.59 Å². The lowest BCUT2D eigenvalue weighted by molar-refractivity contribution is -0.0907. The minimum absolute atomic E-state index is 0.00266. The summed E-state index contributed by atoms with van der Waals surface area (Å²) >= 11 is 0. The van der Waals surface area contributed by atoms with Gasteiger partial charge in [0.05, 0.1) is 36.2 Å². The molecule has 0 saturated carbocycles. The first-order valence-electron chi connectivity index (χ1n) is 15.9. The van der Waals surface area contributed by atoms with Crippen LogP contribution in [0.2, 0.25) is 0 Å². The van der Waals surface area contributed by atoms with Crippen molar-refractivity contribution in [2.24, 2.45) is 11.8 Å². The maximum atomic E-state index is 13.9. The average Bonchev–Trinajstić information content (AvgIpc) is 3.81. The number of nitrogens with zero attached hydrogens (tertiary/aromatic N) is 1. The predicted octanol–water partition coefficient (Wildman–Crippen LogP) is 2.26. The van der Waals surface area contributed by atoms with Crippen molar-refractivity contribution in [1.29, 1.82) is 0 Å². The van der Waals surface area contributed by atoms with Crippen LogP contribution in [0.15, 0.2) is 47.4 Å². The molecule has 0 spiro atoms. The van der Waals surface area contributed by atoms with Crippen LogP contribution < -0.4 is 24.8 Å². The number of alkyl carbamates (subject to hydrolysis) is 2. The zero-order chi connectivity index (χ0) is 34.3. The Morgan fingerprint density at radius 3 is 2.54 bits per heavy atom. The van der Waals surface area contributed by atoms with Gasteiger partial charge >= 0.3 is 12.2 Å². The SMILES string of the molecule is CNC(=O)OCCOc1ccc(C[C@H](NC(=O)O[C@H]2CO[C@H]3OCC[C@H]32)[C@H](O)CN(CC(C)C)S(=O)(=O)c2ccc3c(c2)OCO3)cc1. The summed E-state index contributed by atoms with van der Waals surface area (Å²) in [6.45, 7) is 4.47. The summed E-state index contributed by atoms with van der Waals surface area (Å²) in [5.41, 5.74) is 0.732. The molecule has 3 heterocycles.